The third-order valence-corrected chi connectivity index (χ3v) is 2.77. The van der Waals surface area contributed by atoms with Crippen molar-refractivity contribution >= 4 is 0 Å². The average molecular weight is 260 g/mol. The Hall–Kier alpha value is -1.94. The second-order valence-corrected chi connectivity index (χ2v) is 4.22. The van der Waals surface area contributed by atoms with Crippen molar-refractivity contribution in [3.05, 3.63) is 53.6 Å². The summed E-state index contributed by atoms with van der Waals surface area (Å²) < 4.78 is 19.1. The standard InChI is InChI=1S/C15H17FN2O/c1-3-17-10-12-9-13(16)6-7-15(12)19-14-5-4-8-18-11(14)2/h4-9,17H,3,10H2,1-2H3. The van der Waals surface area contributed by atoms with Crippen molar-refractivity contribution in [1.82, 2.24) is 10.3 Å². The minimum Gasteiger partial charge on any atom is -0.455 e. The van der Waals surface area contributed by atoms with Crippen molar-refractivity contribution in [2.75, 3.05) is 6.54 Å². The van der Waals surface area contributed by atoms with Gasteiger partial charge in [0.05, 0.1) is 5.69 Å². The molecular weight excluding hydrogens is 243 g/mol. The minimum absolute atomic E-state index is 0.261. The molecule has 0 bridgehead atoms. The van der Waals surface area contributed by atoms with Gasteiger partial charge in [0.1, 0.15) is 17.3 Å². The van der Waals surface area contributed by atoms with Gasteiger partial charge in [0.15, 0.2) is 0 Å². The molecule has 2 aromatic rings. The Morgan fingerprint density at radius 2 is 2.11 bits per heavy atom. The number of hydrogen-bond acceptors (Lipinski definition) is 3. The van der Waals surface area contributed by atoms with E-state index in [2.05, 4.69) is 10.3 Å². The van der Waals surface area contributed by atoms with Gasteiger partial charge in [0.25, 0.3) is 0 Å². The molecule has 0 aliphatic carbocycles. The first-order valence-corrected chi connectivity index (χ1v) is 6.29. The molecule has 0 unspecified atom stereocenters. The molecule has 100 valence electrons. The zero-order valence-electron chi connectivity index (χ0n) is 11.1. The normalized spacial score (nSPS) is 10.5. The smallest absolute Gasteiger partial charge is 0.148 e. The number of nitrogens with zero attached hydrogens (tertiary/aromatic N) is 1. The predicted molar refractivity (Wildman–Crippen MR) is 72.8 cm³/mol. The molecular formula is C15H17FN2O. The van der Waals surface area contributed by atoms with Crippen molar-refractivity contribution in [2.24, 2.45) is 0 Å². The van der Waals surface area contributed by atoms with Gasteiger partial charge >= 0.3 is 0 Å². The molecule has 0 amide bonds. The molecule has 19 heavy (non-hydrogen) atoms. The number of hydrogen-bond donors (Lipinski definition) is 1. The van der Waals surface area contributed by atoms with Gasteiger partial charge in [-0.1, -0.05) is 6.92 Å². The lowest BCUT2D eigenvalue weighted by molar-refractivity contribution is 0.464. The maximum absolute atomic E-state index is 13.3. The van der Waals surface area contributed by atoms with E-state index in [1.807, 2.05) is 26.0 Å². The summed E-state index contributed by atoms with van der Waals surface area (Å²) in [5, 5.41) is 3.17. The van der Waals surface area contributed by atoms with Gasteiger partial charge in [-0.3, -0.25) is 4.98 Å². The third kappa shape index (κ3) is 3.51. The number of aromatic nitrogens is 1. The van der Waals surface area contributed by atoms with Gasteiger partial charge in [0.2, 0.25) is 0 Å². The number of rotatable bonds is 5. The zero-order valence-corrected chi connectivity index (χ0v) is 11.1. The Labute approximate surface area is 112 Å². The van der Waals surface area contributed by atoms with Crippen LogP contribution in [-0.4, -0.2) is 11.5 Å². The Bertz CT molecular complexity index is 558. The topological polar surface area (TPSA) is 34.1 Å². The molecule has 3 nitrogen and oxygen atoms in total. The average Bonchev–Trinajstić information content (AvgIpc) is 2.41. The summed E-state index contributed by atoms with van der Waals surface area (Å²) in [5.74, 6) is 1.08. The molecule has 0 aliphatic rings. The van der Waals surface area contributed by atoms with Crippen molar-refractivity contribution in [1.29, 1.82) is 0 Å². The van der Waals surface area contributed by atoms with Crippen LogP contribution in [0.4, 0.5) is 4.39 Å². The maximum Gasteiger partial charge on any atom is 0.148 e. The monoisotopic (exact) mass is 260 g/mol. The lowest BCUT2D eigenvalue weighted by Gasteiger charge is -2.12. The Morgan fingerprint density at radius 3 is 2.84 bits per heavy atom. The van der Waals surface area contributed by atoms with Gasteiger partial charge in [-0.15, -0.1) is 0 Å². The van der Waals surface area contributed by atoms with Crippen LogP contribution in [-0.2, 0) is 6.54 Å². The highest BCUT2D eigenvalue weighted by Crippen LogP contribution is 2.27. The molecule has 0 aliphatic heterocycles. The zero-order chi connectivity index (χ0) is 13.7. The van der Waals surface area contributed by atoms with Gasteiger partial charge in [-0.05, 0) is 43.8 Å². The van der Waals surface area contributed by atoms with Crippen LogP contribution in [0.2, 0.25) is 0 Å². The first-order valence-electron chi connectivity index (χ1n) is 6.29. The second-order valence-electron chi connectivity index (χ2n) is 4.22. The predicted octanol–water partition coefficient (Wildman–Crippen LogP) is 3.43. The lowest BCUT2D eigenvalue weighted by Crippen LogP contribution is -2.12. The molecule has 0 saturated carbocycles. The summed E-state index contributed by atoms with van der Waals surface area (Å²) in [6, 6.07) is 8.20. The van der Waals surface area contributed by atoms with E-state index in [0.29, 0.717) is 18.0 Å². The summed E-state index contributed by atoms with van der Waals surface area (Å²) in [7, 11) is 0. The largest absolute Gasteiger partial charge is 0.455 e. The fourth-order valence-corrected chi connectivity index (χ4v) is 1.74. The molecule has 0 saturated heterocycles. The first kappa shape index (κ1) is 13.5. The van der Waals surface area contributed by atoms with Crippen molar-refractivity contribution in [2.45, 2.75) is 20.4 Å². The van der Waals surface area contributed by atoms with Crippen molar-refractivity contribution in [3.8, 4) is 11.5 Å². The molecule has 0 radical (unpaired) electrons. The van der Waals surface area contributed by atoms with E-state index in [0.717, 1.165) is 17.8 Å². The number of halogens is 1. The van der Waals surface area contributed by atoms with Crippen molar-refractivity contribution in [3.63, 3.8) is 0 Å². The van der Waals surface area contributed by atoms with Gasteiger partial charge in [-0.2, -0.15) is 0 Å². The van der Waals surface area contributed by atoms with Crippen molar-refractivity contribution < 1.29 is 9.13 Å². The molecule has 0 fully saturated rings. The summed E-state index contributed by atoms with van der Waals surface area (Å²) in [6.45, 7) is 5.28. The van der Waals surface area contributed by atoms with Crippen LogP contribution in [0.3, 0.4) is 0 Å². The van der Waals surface area contributed by atoms with E-state index >= 15 is 0 Å². The Morgan fingerprint density at radius 1 is 1.26 bits per heavy atom. The highest BCUT2D eigenvalue weighted by atomic mass is 19.1. The molecule has 0 spiro atoms. The van der Waals surface area contributed by atoms with E-state index < -0.39 is 0 Å². The third-order valence-electron chi connectivity index (χ3n) is 2.77. The molecule has 1 heterocycles. The SMILES string of the molecule is CCNCc1cc(F)ccc1Oc1cccnc1C. The summed E-state index contributed by atoms with van der Waals surface area (Å²) in [6.07, 6.45) is 1.71. The van der Waals surface area contributed by atoms with Crippen LogP contribution in [0.5, 0.6) is 11.5 Å². The van der Waals surface area contributed by atoms with Crippen LogP contribution in [0.1, 0.15) is 18.2 Å². The number of aryl methyl sites for hydroxylation is 1. The number of nitrogens with one attached hydrogen (secondary N) is 1. The summed E-state index contributed by atoms with van der Waals surface area (Å²) in [5.41, 5.74) is 1.60. The van der Waals surface area contributed by atoms with Gasteiger partial charge in [-0.25, -0.2) is 4.39 Å². The minimum atomic E-state index is -0.261. The van der Waals surface area contributed by atoms with E-state index in [4.69, 9.17) is 4.74 Å². The fourth-order valence-electron chi connectivity index (χ4n) is 1.74. The Kier molecular flexibility index (Phi) is 4.47. The lowest BCUT2D eigenvalue weighted by atomic mass is 10.2. The van der Waals surface area contributed by atoms with E-state index in [9.17, 15) is 4.39 Å². The van der Waals surface area contributed by atoms with Crippen LogP contribution < -0.4 is 10.1 Å². The fraction of sp³-hybridized carbons (Fsp3) is 0.267. The molecule has 1 aromatic carbocycles. The summed E-state index contributed by atoms with van der Waals surface area (Å²) in [4.78, 5) is 4.17. The Balaban J connectivity index is 2.26. The van der Waals surface area contributed by atoms with Crippen LogP contribution in [0.25, 0.3) is 0 Å². The maximum atomic E-state index is 13.3. The highest BCUT2D eigenvalue weighted by Gasteiger charge is 2.08. The molecule has 1 aromatic heterocycles. The molecule has 1 N–H and O–H groups in total. The highest BCUT2D eigenvalue weighted by molar-refractivity contribution is 5.39. The van der Waals surface area contributed by atoms with Crippen LogP contribution >= 0.6 is 0 Å². The van der Waals surface area contributed by atoms with Gasteiger partial charge < -0.3 is 10.1 Å². The first-order chi connectivity index (χ1) is 9.20. The summed E-state index contributed by atoms with van der Waals surface area (Å²) >= 11 is 0. The number of pyridine rings is 1. The van der Waals surface area contributed by atoms with E-state index in [1.54, 1.807) is 12.3 Å². The molecule has 4 heteroatoms. The van der Waals surface area contributed by atoms with E-state index in [1.165, 1.54) is 12.1 Å². The second kappa shape index (κ2) is 6.29. The van der Waals surface area contributed by atoms with Crippen LogP contribution in [0.15, 0.2) is 36.5 Å². The molecule has 2 rings (SSSR count). The number of ether oxygens (including phenoxy) is 1. The van der Waals surface area contributed by atoms with Gasteiger partial charge in [0, 0.05) is 18.3 Å². The number of benzene rings is 1. The van der Waals surface area contributed by atoms with Crippen LogP contribution in [0, 0.1) is 12.7 Å². The van der Waals surface area contributed by atoms with E-state index in [-0.39, 0.29) is 5.82 Å². The molecule has 0 atom stereocenters. The quantitative estimate of drug-likeness (QED) is 0.894.